The van der Waals surface area contributed by atoms with Gasteiger partial charge in [-0.15, -0.1) is 0 Å². The number of urea groups is 2. The van der Waals surface area contributed by atoms with E-state index in [1.807, 2.05) is 30.5 Å². The number of nitrogens with two attached hydrogens (primary N) is 3. The smallest absolute Gasteiger partial charge is 0.327 e. The largest absolute Gasteiger partial charge is 0.370 e. The van der Waals surface area contributed by atoms with Crippen LogP contribution in [0.25, 0.3) is 0 Å². The summed E-state index contributed by atoms with van der Waals surface area (Å²) in [5.41, 5.74) is 20.0. The van der Waals surface area contributed by atoms with Crippen LogP contribution in [0.2, 0.25) is 0 Å². The molecular weight excluding hydrogens is 472 g/mol. The fourth-order valence-corrected chi connectivity index (χ4v) is 4.88. The third kappa shape index (κ3) is 7.37. The quantitative estimate of drug-likeness (QED) is 0.125. The Labute approximate surface area is 217 Å². The highest BCUT2D eigenvalue weighted by atomic mass is 16.2. The van der Waals surface area contributed by atoms with Gasteiger partial charge >= 0.3 is 12.1 Å². The Balaban J connectivity index is 1.32. The molecule has 2 atom stereocenters. The lowest BCUT2D eigenvalue weighted by Crippen LogP contribution is -2.52. The molecule has 0 aromatic heterocycles. The van der Waals surface area contributed by atoms with E-state index < -0.39 is 6.03 Å². The number of guanidine groups is 1. The number of rotatable bonds is 11. The maximum atomic E-state index is 12.9. The number of carbonyl (C=O) groups excluding carboxylic acids is 2. The molecule has 12 heteroatoms. The van der Waals surface area contributed by atoms with Crippen molar-refractivity contribution in [3.8, 4) is 0 Å². The first-order chi connectivity index (χ1) is 17.9. The van der Waals surface area contributed by atoms with E-state index in [0.717, 1.165) is 74.5 Å². The molecule has 4 rings (SSSR count). The Hall–Kier alpha value is -3.77. The molecule has 0 bridgehead atoms. The number of hydrogen-bond acceptors (Lipinski definition) is 6. The van der Waals surface area contributed by atoms with Gasteiger partial charge in [-0.1, -0.05) is 12.1 Å². The van der Waals surface area contributed by atoms with E-state index >= 15 is 0 Å². The van der Waals surface area contributed by atoms with Gasteiger partial charge in [0.2, 0.25) is 0 Å². The fraction of sp³-hybridized carbons (Fsp3) is 0.480. The van der Waals surface area contributed by atoms with Crippen molar-refractivity contribution in [2.24, 2.45) is 28.1 Å². The van der Waals surface area contributed by atoms with Gasteiger partial charge in [0.1, 0.15) is 6.17 Å². The van der Waals surface area contributed by atoms with Crippen LogP contribution in [0.15, 0.2) is 52.8 Å². The van der Waals surface area contributed by atoms with Gasteiger partial charge in [-0.25, -0.2) is 9.59 Å². The van der Waals surface area contributed by atoms with Crippen molar-refractivity contribution in [2.75, 3.05) is 44.2 Å². The van der Waals surface area contributed by atoms with Crippen molar-refractivity contribution < 1.29 is 9.59 Å². The number of anilines is 1. The third-order valence-electron chi connectivity index (χ3n) is 6.75. The molecule has 1 aromatic rings. The number of nitrogens with zero attached hydrogens (tertiary/aromatic N) is 3. The molecular formula is C25H38N10O2. The maximum absolute atomic E-state index is 12.9. The molecule has 1 fully saturated rings. The standard InChI is InChI=1S/C25H38N10O2/c26-23(27)30-9-2-8-29-14-17-4-6-20(7-5-17)35-16-19-13-21(32-22(19)33-25(35)37)18-3-1-11-34(15-18)12-10-31-24(28)36/h4-7,13,16,18,22,29,32H,1-3,8-12,14-15H2,(H,33,37)(H4,26,27,30)(H3,28,31,36). The minimum Gasteiger partial charge on any atom is -0.370 e. The molecule has 2 unspecified atom stereocenters. The molecule has 1 saturated heterocycles. The number of piperidine rings is 1. The first-order valence-electron chi connectivity index (χ1n) is 12.8. The van der Waals surface area contributed by atoms with Crippen LogP contribution in [-0.2, 0) is 6.54 Å². The van der Waals surface area contributed by atoms with E-state index in [2.05, 4.69) is 37.2 Å². The van der Waals surface area contributed by atoms with Crippen LogP contribution in [0.1, 0.15) is 24.8 Å². The summed E-state index contributed by atoms with van der Waals surface area (Å²) < 4.78 is 0. The Kier molecular flexibility index (Phi) is 8.86. The Bertz CT molecular complexity index is 1050. The van der Waals surface area contributed by atoms with Crippen LogP contribution in [0.5, 0.6) is 0 Å². The molecule has 37 heavy (non-hydrogen) atoms. The first-order valence-corrected chi connectivity index (χ1v) is 12.8. The average Bonchev–Trinajstić information content (AvgIpc) is 3.29. The zero-order valence-electron chi connectivity index (χ0n) is 21.1. The summed E-state index contributed by atoms with van der Waals surface area (Å²) in [6.07, 6.45) is 6.88. The number of amides is 4. The molecule has 200 valence electrons. The molecule has 3 heterocycles. The summed E-state index contributed by atoms with van der Waals surface area (Å²) in [4.78, 5) is 31.8. The summed E-state index contributed by atoms with van der Waals surface area (Å²) in [6.45, 7) is 5.36. The van der Waals surface area contributed by atoms with Crippen molar-refractivity contribution >= 4 is 23.7 Å². The van der Waals surface area contributed by atoms with Crippen molar-refractivity contribution in [3.63, 3.8) is 0 Å². The molecule has 0 radical (unpaired) electrons. The van der Waals surface area contributed by atoms with Crippen molar-refractivity contribution in [1.82, 2.24) is 26.2 Å². The van der Waals surface area contributed by atoms with Crippen LogP contribution in [0.4, 0.5) is 15.3 Å². The van der Waals surface area contributed by atoms with E-state index in [9.17, 15) is 9.59 Å². The number of benzene rings is 1. The molecule has 0 aliphatic carbocycles. The maximum Gasteiger partial charge on any atom is 0.327 e. The third-order valence-corrected chi connectivity index (χ3v) is 6.75. The molecule has 3 aliphatic heterocycles. The van der Waals surface area contributed by atoms with Gasteiger partial charge in [0.15, 0.2) is 5.96 Å². The van der Waals surface area contributed by atoms with Crippen LogP contribution in [0, 0.1) is 5.92 Å². The van der Waals surface area contributed by atoms with Crippen molar-refractivity contribution in [3.05, 3.63) is 53.4 Å². The average molecular weight is 511 g/mol. The molecule has 1 aromatic carbocycles. The Morgan fingerprint density at radius 1 is 1.14 bits per heavy atom. The van der Waals surface area contributed by atoms with Gasteiger partial charge in [-0.2, -0.15) is 0 Å². The number of fused-ring (bicyclic) bond motifs is 1. The molecule has 12 nitrogen and oxygen atoms in total. The van der Waals surface area contributed by atoms with E-state index in [1.165, 1.54) is 0 Å². The molecule has 3 aliphatic rings. The second kappa shape index (κ2) is 12.5. The van der Waals surface area contributed by atoms with Gasteiger partial charge in [-0.3, -0.25) is 9.89 Å². The second-order valence-corrected chi connectivity index (χ2v) is 9.56. The van der Waals surface area contributed by atoms with E-state index in [4.69, 9.17) is 17.2 Å². The normalized spacial score (nSPS) is 21.3. The highest BCUT2D eigenvalue weighted by Gasteiger charge is 2.34. The summed E-state index contributed by atoms with van der Waals surface area (Å²) >= 11 is 0. The highest BCUT2D eigenvalue weighted by molar-refractivity contribution is 5.96. The van der Waals surface area contributed by atoms with Crippen LogP contribution in [-0.4, -0.2) is 68.4 Å². The zero-order valence-corrected chi connectivity index (χ0v) is 21.1. The molecule has 10 N–H and O–H groups in total. The lowest BCUT2D eigenvalue weighted by atomic mass is 9.94. The van der Waals surface area contributed by atoms with Gasteiger partial charge in [0.25, 0.3) is 0 Å². The molecule has 4 amide bonds. The van der Waals surface area contributed by atoms with E-state index in [1.54, 1.807) is 4.90 Å². The van der Waals surface area contributed by atoms with E-state index in [0.29, 0.717) is 19.0 Å². The second-order valence-electron chi connectivity index (χ2n) is 9.56. The highest BCUT2D eigenvalue weighted by Crippen LogP contribution is 2.30. The first kappa shape index (κ1) is 26.3. The number of aliphatic imine (C=N–C) groups is 1. The predicted molar refractivity (Wildman–Crippen MR) is 144 cm³/mol. The number of likely N-dealkylation sites (tertiary alicyclic amines) is 1. The predicted octanol–water partition coefficient (Wildman–Crippen LogP) is 0.0467. The summed E-state index contributed by atoms with van der Waals surface area (Å²) in [7, 11) is 0. The Morgan fingerprint density at radius 3 is 2.70 bits per heavy atom. The minimum atomic E-state index is -0.493. The van der Waals surface area contributed by atoms with E-state index in [-0.39, 0.29) is 18.2 Å². The van der Waals surface area contributed by atoms with Crippen LogP contribution in [0.3, 0.4) is 0 Å². The minimum absolute atomic E-state index is 0.117. The van der Waals surface area contributed by atoms with Gasteiger partial charge in [0.05, 0.1) is 5.69 Å². The topological polar surface area (TPSA) is 179 Å². The summed E-state index contributed by atoms with van der Waals surface area (Å²) in [5.74, 6) is 0.469. The monoisotopic (exact) mass is 510 g/mol. The fourth-order valence-electron chi connectivity index (χ4n) is 4.88. The SMILES string of the molecule is NC(=O)NCCN1CCCC(C2=CC3=CN(c4ccc(CNCCCN=C(N)N)cc4)C(=O)NC3N2)C1. The van der Waals surface area contributed by atoms with Gasteiger partial charge in [-0.05, 0) is 56.1 Å². The van der Waals surface area contributed by atoms with Gasteiger partial charge < -0.3 is 43.4 Å². The molecule has 0 spiro atoms. The van der Waals surface area contributed by atoms with Crippen LogP contribution < -0.4 is 43.4 Å². The Morgan fingerprint density at radius 2 is 1.95 bits per heavy atom. The number of nitrogens with one attached hydrogen (secondary N) is 4. The lowest BCUT2D eigenvalue weighted by molar-refractivity contribution is 0.187. The van der Waals surface area contributed by atoms with Crippen LogP contribution >= 0.6 is 0 Å². The molecule has 0 saturated carbocycles. The number of hydrogen-bond donors (Lipinski definition) is 7. The summed E-state index contributed by atoms with van der Waals surface area (Å²) in [5, 5.41) is 12.6. The van der Waals surface area contributed by atoms with Gasteiger partial charge in [0, 0.05) is 56.1 Å². The van der Waals surface area contributed by atoms with Crippen molar-refractivity contribution in [1.29, 1.82) is 0 Å². The lowest BCUT2D eigenvalue weighted by Gasteiger charge is -2.34. The zero-order chi connectivity index (χ0) is 26.2. The number of carbonyl (C=O) groups is 2. The van der Waals surface area contributed by atoms with Crippen molar-refractivity contribution in [2.45, 2.75) is 32.0 Å². The number of primary amides is 1. The summed E-state index contributed by atoms with van der Waals surface area (Å²) in [6, 6.07) is 7.30.